The van der Waals surface area contributed by atoms with Gasteiger partial charge < -0.3 is 14.8 Å². The highest BCUT2D eigenvalue weighted by atomic mass is 16.5. The van der Waals surface area contributed by atoms with Crippen molar-refractivity contribution in [1.82, 2.24) is 14.7 Å². The monoisotopic (exact) mass is 423 g/mol. The van der Waals surface area contributed by atoms with Crippen LogP contribution in [0.5, 0.6) is 11.5 Å². The fourth-order valence-electron chi connectivity index (χ4n) is 3.30. The number of unbranched alkanes of at least 4 members (excludes halogenated alkanes) is 2. The Bertz CT molecular complexity index is 1120. The highest BCUT2D eigenvalue weighted by molar-refractivity contribution is 5.94. The van der Waals surface area contributed by atoms with Gasteiger partial charge in [-0.2, -0.15) is 0 Å². The number of hydrogen-bond acceptors (Lipinski definition) is 5. The zero-order valence-electron chi connectivity index (χ0n) is 18.5. The van der Waals surface area contributed by atoms with Crippen LogP contribution in [0.4, 0.5) is 0 Å². The molecule has 1 atom stereocenters. The van der Waals surface area contributed by atoms with Gasteiger partial charge in [0.2, 0.25) is 0 Å². The molecule has 3 aromatic rings. The lowest BCUT2D eigenvalue weighted by atomic mass is 10.1. The van der Waals surface area contributed by atoms with Gasteiger partial charge in [0.1, 0.15) is 11.2 Å². The first kappa shape index (κ1) is 22.3. The second-order valence-electron chi connectivity index (χ2n) is 7.57. The van der Waals surface area contributed by atoms with Gasteiger partial charge in [0.15, 0.2) is 11.5 Å². The van der Waals surface area contributed by atoms with Gasteiger partial charge in [0.05, 0.1) is 19.8 Å². The van der Waals surface area contributed by atoms with Gasteiger partial charge in [0.25, 0.3) is 11.5 Å². The summed E-state index contributed by atoms with van der Waals surface area (Å²) in [5.41, 5.74) is 1.94. The van der Waals surface area contributed by atoms with Crippen molar-refractivity contribution in [2.45, 2.75) is 46.1 Å². The van der Waals surface area contributed by atoms with Gasteiger partial charge >= 0.3 is 0 Å². The van der Waals surface area contributed by atoms with Crippen molar-refractivity contribution in [2.24, 2.45) is 0 Å². The summed E-state index contributed by atoms with van der Waals surface area (Å²) in [4.78, 5) is 29.7. The predicted octanol–water partition coefficient (Wildman–Crippen LogP) is 4.07. The Balaban J connectivity index is 1.75. The summed E-state index contributed by atoms with van der Waals surface area (Å²) in [5, 5.41) is 2.87. The van der Waals surface area contributed by atoms with Crippen molar-refractivity contribution < 1.29 is 14.3 Å². The van der Waals surface area contributed by atoms with Crippen molar-refractivity contribution in [3.05, 3.63) is 69.8 Å². The number of hydrogen-bond donors (Lipinski definition) is 1. The number of pyridine rings is 1. The van der Waals surface area contributed by atoms with Crippen molar-refractivity contribution >= 4 is 11.6 Å². The molecule has 2 aromatic heterocycles. The molecule has 31 heavy (non-hydrogen) atoms. The minimum absolute atomic E-state index is 0.00366. The maximum atomic E-state index is 12.8. The molecule has 7 nitrogen and oxygen atoms in total. The van der Waals surface area contributed by atoms with Gasteiger partial charge in [-0.25, -0.2) is 4.98 Å². The molecule has 0 bridgehead atoms. The second kappa shape index (κ2) is 10.1. The zero-order chi connectivity index (χ0) is 22.4. The van der Waals surface area contributed by atoms with Crippen LogP contribution in [-0.4, -0.2) is 29.0 Å². The minimum Gasteiger partial charge on any atom is -0.493 e. The number of fused-ring (bicyclic) bond motifs is 1. The number of ether oxygens (including phenoxy) is 2. The number of aryl methyl sites for hydroxylation is 1. The molecule has 2 heterocycles. The number of rotatable bonds is 9. The third-order valence-electron chi connectivity index (χ3n) is 5.15. The van der Waals surface area contributed by atoms with Crippen molar-refractivity contribution in [3.63, 3.8) is 0 Å². The molecule has 0 aliphatic rings. The Morgan fingerprint density at radius 1 is 1.19 bits per heavy atom. The van der Waals surface area contributed by atoms with Gasteiger partial charge in [-0.3, -0.25) is 14.0 Å². The molecule has 0 aliphatic carbocycles. The number of methoxy groups -OCH3 is 1. The largest absolute Gasteiger partial charge is 0.493 e. The minimum atomic E-state index is -0.473. The Hall–Kier alpha value is -3.35. The van der Waals surface area contributed by atoms with E-state index in [-0.39, 0.29) is 11.6 Å². The average Bonchev–Trinajstić information content (AvgIpc) is 2.76. The molecular weight excluding hydrogens is 394 g/mol. The van der Waals surface area contributed by atoms with E-state index < -0.39 is 11.5 Å². The van der Waals surface area contributed by atoms with Gasteiger partial charge in [-0.1, -0.05) is 25.8 Å². The standard InChI is InChI=1S/C24H29N3O4/c1-5-6-7-12-31-20-9-8-18(14-21(20)30-4)17(3)26-23(28)19-15-25-22-13-16(2)10-11-27(22)24(19)29/h8-11,13-15,17H,5-7,12H2,1-4H3,(H,26,28). The Morgan fingerprint density at radius 3 is 2.74 bits per heavy atom. The molecule has 3 rings (SSSR count). The third kappa shape index (κ3) is 5.23. The third-order valence-corrected chi connectivity index (χ3v) is 5.15. The number of nitrogens with one attached hydrogen (secondary N) is 1. The lowest BCUT2D eigenvalue weighted by Gasteiger charge is -2.17. The Morgan fingerprint density at radius 2 is 2.00 bits per heavy atom. The van der Waals surface area contributed by atoms with Crippen LogP contribution in [0.2, 0.25) is 0 Å². The van der Waals surface area contributed by atoms with Gasteiger partial charge in [-0.05, 0) is 55.7 Å². The summed E-state index contributed by atoms with van der Waals surface area (Å²) in [6, 6.07) is 8.83. The molecule has 0 radical (unpaired) electrons. The van der Waals surface area contributed by atoms with Crippen molar-refractivity contribution in [3.8, 4) is 11.5 Å². The normalized spacial score (nSPS) is 11.9. The fraction of sp³-hybridized carbons (Fsp3) is 0.375. The van der Waals surface area contributed by atoms with E-state index in [2.05, 4.69) is 17.2 Å². The molecule has 0 saturated carbocycles. The van der Waals surface area contributed by atoms with Crippen LogP contribution in [0.25, 0.3) is 5.65 Å². The second-order valence-corrected chi connectivity index (χ2v) is 7.57. The molecule has 0 fully saturated rings. The number of carbonyl (C=O) groups is 1. The molecule has 0 aliphatic heterocycles. The fourth-order valence-corrected chi connectivity index (χ4v) is 3.30. The first-order chi connectivity index (χ1) is 14.9. The van der Waals surface area contributed by atoms with Crippen molar-refractivity contribution in [2.75, 3.05) is 13.7 Å². The first-order valence-corrected chi connectivity index (χ1v) is 10.5. The first-order valence-electron chi connectivity index (χ1n) is 10.5. The van der Waals surface area contributed by atoms with E-state index in [9.17, 15) is 9.59 Å². The quantitative estimate of drug-likeness (QED) is 0.525. The number of amides is 1. The number of aromatic nitrogens is 2. The maximum Gasteiger partial charge on any atom is 0.270 e. The molecule has 1 N–H and O–H groups in total. The van der Waals surface area contributed by atoms with E-state index in [0.29, 0.717) is 23.8 Å². The van der Waals surface area contributed by atoms with E-state index in [1.54, 1.807) is 25.4 Å². The molecule has 1 amide bonds. The topological polar surface area (TPSA) is 81.9 Å². The summed E-state index contributed by atoms with van der Waals surface area (Å²) >= 11 is 0. The summed E-state index contributed by atoms with van der Waals surface area (Å²) in [6.45, 7) is 6.55. The van der Waals surface area contributed by atoms with E-state index in [0.717, 1.165) is 30.4 Å². The Kier molecular flexibility index (Phi) is 7.28. The lowest BCUT2D eigenvalue weighted by Crippen LogP contribution is -2.33. The van der Waals surface area contributed by atoms with E-state index in [1.165, 1.54) is 10.6 Å². The number of nitrogens with zero attached hydrogens (tertiary/aromatic N) is 2. The molecule has 1 unspecified atom stereocenters. The summed E-state index contributed by atoms with van der Waals surface area (Å²) in [6.07, 6.45) is 6.19. The van der Waals surface area contributed by atoms with Crippen LogP contribution in [-0.2, 0) is 0 Å². The van der Waals surface area contributed by atoms with Gasteiger partial charge in [-0.15, -0.1) is 0 Å². The van der Waals surface area contributed by atoms with Crippen LogP contribution in [0.3, 0.4) is 0 Å². The summed E-state index contributed by atoms with van der Waals surface area (Å²) < 4.78 is 12.6. The van der Waals surface area contributed by atoms with Crippen LogP contribution in [0.15, 0.2) is 47.5 Å². The average molecular weight is 424 g/mol. The molecular formula is C24H29N3O4. The SMILES string of the molecule is CCCCCOc1ccc(C(C)NC(=O)c2cnc3cc(C)ccn3c2=O)cc1OC. The van der Waals surface area contributed by atoms with Crippen LogP contribution < -0.4 is 20.3 Å². The molecule has 0 spiro atoms. The van der Waals surface area contributed by atoms with E-state index >= 15 is 0 Å². The smallest absolute Gasteiger partial charge is 0.270 e. The maximum absolute atomic E-state index is 12.8. The highest BCUT2D eigenvalue weighted by Gasteiger charge is 2.18. The molecule has 7 heteroatoms. The summed E-state index contributed by atoms with van der Waals surface area (Å²) in [7, 11) is 1.59. The van der Waals surface area contributed by atoms with Crippen LogP contribution in [0.1, 0.15) is 60.6 Å². The Labute approximate surface area is 182 Å². The zero-order valence-corrected chi connectivity index (χ0v) is 18.5. The molecule has 164 valence electrons. The van der Waals surface area contributed by atoms with E-state index in [4.69, 9.17) is 9.47 Å². The summed E-state index contributed by atoms with van der Waals surface area (Å²) in [5.74, 6) is 0.810. The molecule has 1 aromatic carbocycles. The molecule has 0 saturated heterocycles. The van der Waals surface area contributed by atoms with Gasteiger partial charge in [0, 0.05) is 12.4 Å². The lowest BCUT2D eigenvalue weighted by molar-refractivity contribution is 0.0937. The predicted molar refractivity (Wildman–Crippen MR) is 120 cm³/mol. The van der Waals surface area contributed by atoms with Crippen molar-refractivity contribution in [1.29, 1.82) is 0 Å². The van der Waals surface area contributed by atoms with Crippen LogP contribution in [0, 0.1) is 6.92 Å². The number of carbonyl (C=O) groups excluding carboxylic acids is 1. The number of benzene rings is 1. The highest BCUT2D eigenvalue weighted by Crippen LogP contribution is 2.30. The van der Waals surface area contributed by atoms with Crippen LogP contribution >= 0.6 is 0 Å². The van der Waals surface area contributed by atoms with E-state index in [1.807, 2.05) is 32.0 Å².